The van der Waals surface area contributed by atoms with Crippen LogP contribution in [0.25, 0.3) is 0 Å². The second-order valence-electron chi connectivity index (χ2n) is 5.59. The Bertz CT molecular complexity index is 618. The highest BCUT2D eigenvalue weighted by atomic mass is 79.9. The van der Waals surface area contributed by atoms with Crippen molar-refractivity contribution in [3.8, 4) is 0 Å². The zero-order chi connectivity index (χ0) is 14.3. The second-order valence-corrected chi connectivity index (χ2v) is 9.22. The lowest BCUT2D eigenvalue weighted by Gasteiger charge is -2.36. The molecule has 2 fully saturated rings. The van der Waals surface area contributed by atoms with Crippen LogP contribution in [0.3, 0.4) is 0 Å². The zero-order valence-electron chi connectivity index (χ0n) is 11.1. The zero-order valence-corrected chi connectivity index (χ0v) is 15.0. The van der Waals surface area contributed by atoms with E-state index >= 15 is 0 Å². The maximum atomic E-state index is 13.0. The number of benzene rings is 1. The first kappa shape index (κ1) is 15.0. The molecule has 1 aliphatic heterocycles. The van der Waals surface area contributed by atoms with E-state index in [-0.39, 0.29) is 6.04 Å². The summed E-state index contributed by atoms with van der Waals surface area (Å²) in [6.45, 7) is 0.655. The summed E-state index contributed by atoms with van der Waals surface area (Å²) in [5, 5.41) is 0. The molecule has 3 rings (SSSR count). The first-order chi connectivity index (χ1) is 9.50. The van der Waals surface area contributed by atoms with E-state index < -0.39 is 10.0 Å². The van der Waals surface area contributed by atoms with E-state index in [2.05, 4.69) is 31.9 Å². The van der Waals surface area contributed by atoms with Gasteiger partial charge >= 0.3 is 0 Å². The molecule has 0 bridgehead atoms. The highest BCUT2D eigenvalue weighted by molar-refractivity contribution is 9.11. The molecule has 6 heteroatoms. The number of hydrogen-bond donors (Lipinski definition) is 0. The van der Waals surface area contributed by atoms with Crippen molar-refractivity contribution >= 4 is 41.9 Å². The van der Waals surface area contributed by atoms with Gasteiger partial charge in [0.1, 0.15) is 0 Å². The van der Waals surface area contributed by atoms with Crippen molar-refractivity contribution in [2.75, 3.05) is 6.54 Å². The van der Waals surface area contributed by atoms with Crippen LogP contribution in [0.2, 0.25) is 0 Å². The van der Waals surface area contributed by atoms with Crippen LogP contribution in [0.5, 0.6) is 0 Å². The molecule has 1 saturated carbocycles. The molecule has 2 unspecified atom stereocenters. The minimum Gasteiger partial charge on any atom is -0.207 e. The quantitative estimate of drug-likeness (QED) is 0.717. The molecule has 1 aromatic rings. The first-order valence-electron chi connectivity index (χ1n) is 6.97. The molecule has 0 aromatic heterocycles. The number of sulfonamides is 1. The van der Waals surface area contributed by atoms with Crippen LogP contribution in [0.15, 0.2) is 32.0 Å². The molecule has 1 aliphatic carbocycles. The van der Waals surface area contributed by atoms with Crippen LogP contribution in [0.4, 0.5) is 0 Å². The maximum absolute atomic E-state index is 13.0. The van der Waals surface area contributed by atoms with Crippen LogP contribution in [-0.4, -0.2) is 25.3 Å². The van der Waals surface area contributed by atoms with Crippen molar-refractivity contribution in [1.82, 2.24) is 4.31 Å². The van der Waals surface area contributed by atoms with Gasteiger partial charge in [0, 0.05) is 21.5 Å². The summed E-state index contributed by atoms with van der Waals surface area (Å²) in [7, 11) is -3.41. The number of hydrogen-bond acceptors (Lipinski definition) is 2. The molecule has 1 saturated heterocycles. The van der Waals surface area contributed by atoms with Gasteiger partial charge in [-0.3, -0.25) is 0 Å². The lowest BCUT2D eigenvalue weighted by molar-refractivity contribution is 0.202. The van der Waals surface area contributed by atoms with Gasteiger partial charge in [-0.05, 0) is 65.7 Å². The van der Waals surface area contributed by atoms with Gasteiger partial charge in [-0.1, -0.05) is 22.4 Å². The van der Waals surface area contributed by atoms with Gasteiger partial charge in [0.25, 0.3) is 0 Å². The predicted molar refractivity (Wildman–Crippen MR) is 86.1 cm³/mol. The van der Waals surface area contributed by atoms with Gasteiger partial charge in [0.2, 0.25) is 10.0 Å². The van der Waals surface area contributed by atoms with E-state index in [0.717, 1.165) is 23.7 Å². The average Bonchev–Trinajstić information content (AvgIpc) is 2.89. The molecule has 1 aromatic carbocycles. The molecule has 0 radical (unpaired) electrons. The molecule has 3 nitrogen and oxygen atoms in total. The highest BCUT2D eigenvalue weighted by Crippen LogP contribution is 2.40. The second kappa shape index (κ2) is 5.71. The summed E-state index contributed by atoms with van der Waals surface area (Å²) in [6, 6.07) is 5.53. The van der Waals surface area contributed by atoms with Gasteiger partial charge in [0.05, 0.1) is 4.90 Å². The highest BCUT2D eigenvalue weighted by Gasteiger charge is 2.41. The number of piperidine rings is 1. The minimum absolute atomic E-state index is 0.208. The van der Waals surface area contributed by atoms with E-state index in [1.165, 1.54) is 12.8 Å². The third kappa shape index (κ3) is 2.60. The van der Waals surface area contributed by atoms with Crippen LogP contribution in [0.1, 0.15) is 32.1 Å². The van der Waals surface area contributed by atoms with Crippen molar-refractivity contribution < 1.29 is 8.42 Å². The van der Waals surface area contributed by atoms with Gasteiger partial charge in [-0.15, -0.1) is 0 Å². The normalized spacial score (nSPS) is 27.5. The Morgan fingerprint density at radius 1 is 1.10 bits per heavy atom. The fourth-order valence-corrected chi connectivity index (χ4v) is 6.73. The smallest absolute Gasteiger partial charge is 0.207 e. The van der Waals surface area contributed by atoms with Crippen LogP contribution < -0.4 is 0 Å². The summed E-state index contributed by atoms with van der Waals surface area (Å²) >= 11 is 6.74. The molecule has 110 valence electrons. The largest absolute Gasteiger partial charge is 0.244 e. The molecule has 20 heavy (non-hydrogen) atoms. The Kier molecular flexibility index (Phi) is 4.28. The Labute approximate surface area is 137 Å². The lowest BCUT2D eigenvalue weighted by atomic mass is 9.94. The fourth-order valence-electron chi connectivity index (χ4n) is 3.51. The van der Waals surface area contributed by atoms with Gasteiger partial charge in [-0.2, -0.15) is 4.31 Å². The predicted octanol–water partition coefficient (Wildman–Crippen LogP) is 4.16. The van der Waals surface area contributed by atoms with Gasteiger partial charge < -0.3 is 0 Å². The van der Waals surface area contributed by atoms with Crippen molar-refractivity contribution in [2.45, 2.75) is 43.0 Å². The Hall–Kier alpha value is 0.0900. The molecular weight excluding hydrogens is 406 g/mol. The summed E-state index contributed by atoms with van der Waals surface area (Å²) in [5.41, 5.74) is 0. The third-order valence-electron chi connectivity index (χ3n) is 4.42. The topological polar surface area (TPSA) is 37.4 Å². The SMILES string of the molecule is O=S(=O)(c1cc(Br)ccc1Br)N1CCCC2CCCC21. The minimum atomic E-state index is -3.41. The van der Waals surface area contributed by atoms with Crippen LogP contribution in [-0.2, 0) is 10.0 Å². The van der Waals surface area contributed by atoms with Crippen LogP contribution >= 0.6 is 31.9 Å². The Morgan fingerprint density at radius 3 is 2.65 bits per heavy atom. The fraction of sp³-hybridized carbons (Fsp3) is 0.571. The molecule has 2 aliphatic rings. The molecule has 0 N–H and O–H groups in total. The number of nitrogens with zero attached hydrogens (tertiary/aromatic N) is 1. The Balaban J connectivity index is 2.00. The lowest BCUT2D eigenvalue weighted by Crippen LogP contribution is -2.46. The van der Waals surface area contributed by atoms with E-state index in [1.54, 1.807) is 16.4 Å². The van der Waals surface area contributed by atoms with Crippen molar-refractivity contribution in [3.63, 3.8) is 0 Å². The van der Waals surface area contributed by atoms with E-state index in [9.17, 15) is 8.42 Å². The molecular formula is C14H17Br2NO2S. The monoisotopic (exact) mass is 421 g/mol. The average molecular weight is 423 g/mol. The van der Waals surface area contributed by atoms with E-state index in [4.69, 9.17) is 0 Å². The van der Waals surface area contributed by atoms with E-state index in [0.29, 0.717) is 21.8 Å². The molecule has 0 spiro atoms. The summed E-state index contributed by atoms with van der Waals surface area (Å²) in [6.07, 6.45) is 5.50. The summed E-state index contributed by atoms with van der Waals surface area (Å²) in [4.78, 5) is 0.374. The molecule has 1 heterocycles. The number of fused-ring (bicyclic) bond motifs is 1. The van der Waals surface area contributed by atoms with Gasteiger partial charge in [0.15, 0.2) is 0 Å². The standard InChI is InChI=1S/C14H17Br2NO2S/c15-11-6-7-12(16)14(9-11)20(18,19)17-8-2-4-10-3-1-5-13(10)17/h6-7,9-10,13H,1-5,8H2. The number of rotatable bonds is 2. The van der Waals surface area contributed by atoms with Crippen LogP contribution in [0, 0.1) is 5.92 Å². The molecule has 0 amide bonds. The first-order valence-corrected chi connectivity index (χ1v) is 9.99. The Morgan fingerprint density at radius 2 is 1.85 bits per heavy atom. The number of halogens is 2. The van der Waals surface area contributed by atoms with Crippen molar-refractivity contribution in [3.05, 3.63) is 27.1 Å². The third-order valence-corrected chi connectivity index (χ3v) is 7.83. The maximum Gasteiger partial charge on any atom is 0.244 e. The van der Waals surface area contributed by atoms with Crippen molar-refractivity contribution in [1.29, 1.82) is 0 Å². The van der Waals surface area contributed by atoms with E-state index in [1.807, 2.05) is 6.07 Å². The van der Waals surface area contributed by atoms with Crippen molar-refractivity contribution in [2.24, 2.45) is 5.92 Å². The van der Waals surface area contributed by atoms with Gasteiger partial charge in [-0.25, -0.2) is 8.42 Å². The summed E-state index contributed by atoms with van der Waals surface area (Å²) < 4.78 is 29.1. The molecule has 2 atom stereocenters. The summed E-state index contributed by atoms with van der Waals surface area (Å²) in [5.74, 6) is 0.560.